The molecule has 0 bridgehead atoms. The molecule has 24 heavy (non-hydrogen) atoms. The standard InChI is InChI=1S/C20H40N4/c1-15(2)24-14-22-19-12-18(8-9-20(19)24)17-6-4-16(5-7-17)13-23(3)11-10-21/h15-20,22H,4-14,21H2,1-3H3. The maximum absolute atomic E-state index is 5.67. The van der Waals surface area contributed by atoms with Gasteiger partial charge >= 0.3 is 0 Å². The van der Waals surface area contributed by atoms with E-state index in [1.807, 2.05) is 0 Å². The van der Waals surface area contributed by atoms with Crippen LogP contribution >= 0.6 is 0 Å². The molecular weight excluding hydrogens is 296 g/mol. The van der Waals surface area contributed by atoms with E-state index in [0.717, 1.165) is 49.6 Å². The molecule has 0 radical (unpaired) electrons. The van der Waals surface area contributed by atoms with Crippen molar-refractivity contribution in [3.63, 3.8) is 0 Å². The molecule has 1 heterocycles. The Morgan fingerprint density at radius 3 is 2.46 bits per heavy atom. The molecule has 3 aliphatic rings. The van der Waals surface area contributed by atoms with Gasteiger partial charge in [-0.1, -0.05) is 0 Å². The third kappa shape index (κ3) is 4.32. The van der Waals surface area contributed by atoms with Gasteiger partial charge in [-0.05, 0) is 83.6 Å². The molecule has 3 rings (SSSR count). The molecule has 2 aliphatic carbocycles. The van der Waals surface area contributed by atoms with Crippen molar-refractivity contribution in [2.45, 2.75) is 76.9 Å². The monoisotopic (exact) mass is 336 g/mol. The smallest absolute Gasteiger partial charge is 0.0489 e. The quantitative estimate of drug-likeness (QED) is 0.782. The minimum Gasteiger partial charge on any atom is -0.329 e. The van der Waals surface area contributed by atoms with E-state index < -0.39 is 0 Å². The van der Waals surface area contributed by atoms with E-state index in [1.54, 1.807) is 0 Å². The first-order valence-electron chi connectivity index (χ1n) is 10.5. The highest BCUT2D eigenvalue weighted by Gasteiger charge is 2.41. The molecule has 0 amide bonds. The van der Waals surface area contributed by atoms with E-state index in [-0.39, 0.29) is 0 Å². The first-order chi connectivity index (χ1) is 11.6. The second-order valence-corrected chi connectivity index (χ2v) is 9.05. The van der Waals surface area contributed by atoms with Gasteiger partial charge in [0.2, 0.25) is 0 Å². The summed E-state index contributed by atoms with van der Waals surface area (Å²) in [5, 5.41) is 3.82. The molecule has 1 aliphatic heterocycles. The van der Waals surface area contributed by atoms with Crippen molar-refractivity contribution in [2.24, 2.45) is 23.5 Å². The topological polar surface area (TPSA) is 44.5 Å². The Morgan fingerprint density at radius 1 is 1.08 bits per heavy atom. The average Bonchev–Trinajstić information content (AvgIpc) is 2.99. The van der Waals surface area contributed by atoms with Gasteiger partial charge in [0.25, 0.3) is 0 Å². The van der Waals surface area contributed by atoms with Crippen LogP contribution in [-0.2, 0) is 0 Å². The van der Waals surface area contributed by atoms with Gasteiger partial charge in [0.1, 0.15) is 0 Å². The van der Waals surface area contributed by atoms with E-state index in [2.05, 4.69) is 36.0 Å². The Kier molecular flexibility index (Phi) is 6.58. The number of hydrogen-bond donors (Lipinski definition) is 2. The zero-order chi connectivity index (χ0) is 17.1. The summed E-state index contributed by atoms with van der Waals surface area (Å²) >= 11 is 0. The maximum Gasteiger partial charge on any atom is 0.0489 e. The third-order valence-electron chi connectivity index (χ3n) is 7.12. The summed E-state index contributed by atoms with van der Waals surface area (Å²) < 4.78 is 0. The Hall–Kier alpha value is -0.160. The molecule has 0 aromatic heterocycles. The maximum atomic E-state index is 5.67. The van der Waals surface area contributed by atoms with Crippen molar-refractivity contribution in [3.8, 4) is 0 Å². The molecule has 4 heteroatoms. The van der Waals surface area contributed by atoms with Crippen molar-refractivity contribution in [1.82, 2.24) is 15.1 Å². The first-order valence-corrected chi connectivity index (χ1v) is 10.5. The number of hydrogen-bond acceptors (Lipinski definition) is 4. The normalized spacial score (nSPS) is 38.0. The fourth-order valence-electron chi connectivity index (χ4n) is 5.73. The van der Waals surface area contributed by atoms with Gasteiger partial charge in [0.15, 0.2) is 0 Å². The number of rotatable bonds is 6. The predicted molar refractivity (Wildman–Crippen MR) is 102 cm³/mol. The average molecular weight is 337 g/mol. The molecular formula is C20H40N4. The van der Waals surface area contributed by atoms with Crippen LogP contribution in [0.1, 0.15) is 58.8 Å². The first kappa shape index (κ1) is 18.6. The van der Waals surface area contributed by atoms with Crippen LogP contribution in [0.4, 0.5) is 0 Å². The molecule has 1 saturated heterocycles. The van der Waals surface area contributed by atoms with E-state index in [4.69, 9.17) is 5.73 Å². The minimum atomic E-state index is 0.685. The van der Waals surface area contributed by atoms with Gasteiger partial charge in [-0.15, -0.1) is 0 Å². The van der Waals surface area contributed by atoms with E-state index in [1.165, 1.54) is 51.5 Å². The fourth-order valence-corrected chi connectivity index (χ4v) is 5.73. The molecule has 4 nitrogen and oxygen atoms in total. The van der Waals surface area contributed by atoms with Crippen molar-refractivity contribution < 1.29 is 0 Å². The number of nitrogens with zero attached hydrogens (tertiary/aromatic N) is 2. The molecule has 3 unspecified atom stereocenters. The van der Waals surface area contributed by atoms with Crippen LogP contribution in [0.5, 0.6) is 0 Å². The van der Waals surface area contributed by atoms with Crippen LogP contribution in [0.3, 0.4) is 0 Å². The van der Waals surface area contributed by atoms with Crippen molar-refractivity contribution >= 4 is 0 Å². The Morgan fingerprint density at radius 2 is 1.79 bits per heavy atom. The lowest BCUT2D eigenvalue weighted by Gasteiger charge is -2.41. The molecule has 3 N–H and O–H groups in total. The second-order valence-electron chi connectivity index (χ2n) is 9.05. The van der Waals surface area contributed by atoms with Gasteiger partial charge in [-0.2, -0.15) is 0 Å². The highest BCUT2D eigenvalue weighted by molar-refractivity contribution is 4.98. The fraction of sp³-hybridized carbons (Fsp3) is 1.00. The molecule has 140 valence electrons. The van der Waals surface area contributed by atoms with Crippen LogP contribution in [-0.4, -0.2) is 61.3 Å². The summed E-state index contributed by atoms with van der Waals surface area (Å²) in [5.41, 5.74) is 5.67. The highest BCUT2D eigenvalue weighted by Crippen LogP contribution is 2.42. The SMILES string of the molecule is CC(C)N1CNC2CC(C3CCC(CN(C)CCN)CC3)CCC21. The van der Waals surface area contributed by atoms with Crippen molar-refractivity contribution in [2.75, 3.05) is 33.4 Å². The summed E-state index contributed by atoms with van der Waals surface area (Å²) in [7, 11) is 2.23. The molecule has 3 fully saturated rings. The highest BCUT2D eigenvalue weighted by atomic mass is 15.3. The lowest BCUT2D eigenvalue weighted by Crippen LogP contribution is -2.45. The predicted octanol–water partition coefficient (Wildman–Crippen LogP) is 2.49. The van der Waals surface area contributed by atoms with E-state index >= 15 is 0 Å². The van der Waals surface area contributed by atoms with E-state index in [9.17, 15) is 0 Å². The summed E-state index contributed by atoms with van der Waals surface area (Å²) in [6.45, 7) is 8.89. The Bertz CT molecular complexity index is 378. The van der Waals surface area contributed by atoms with E-state index in [0.29, 0.717) is 6.04 Å². The molecule has 3 atom stereocenters. The lowest BCUT2D eigenvalue weighted by atomic mass is 9.69. The van der Waals surface area contributed by atoms with Crippen LogP contribution in [0.25, 0.3) is 0 Å². The lowest BCUT2D eigenvalue weighted by molar-refractivity contribution is 0.102. The molecule has 0 aromatic carbocycles. The van der Waals surface area contributed by atoms with Crippen LogP contribution < -0.4 is 11.1 Å². The number of likely N-dealkylation sites (N-methyl/N-ethyl adjacent to an activating group) is 1. The Balaban J connectivity index is 1.43. The largest absolute Gasteiger partial charge is 0.329 e. The summed E-state index contributed by atoms with van der Waals surface area (Å²) in [6.07, 6.45) is 10.1. The summed E-state index contributed by atoms with van der Waals surface area (Å²) in [5.74, 6) is 2.89. The van der Waals surface area contributed by atoms with Gasteiger partial charge in [0.05, 0.1) is 0 Å². The molecule has 0 spiro atoms. The van der Waals surface area contributed by atoms with Crippen molar-refractivity contribution in [3.05, 3.63) is 0 Å². The molecule has 2 saturated carbocycles. The zero-order valence-electron chi connectivity index (χ0n) is 16.2. The third-order valence-corrected chi connectivity index (χ3v) is 7.12. The van der Waals surface area contributed by atoms with Crippen LogP contribution in [0.2, 0.25) is 0 Å². The minimum absolute atomic E-state index is 0.685. The number of fused-ring (bicyclic) bond motifs is 1. The van der Waals surface area contributed by atoms with Crippen molar-refractivity contribution in [1.29, 1.82) is 0 Å². The van der Waals surface area contributed by atoms with Gasteiger partial charge in [-0.3, -0.25) is 10.2 Å². The number of nitrogens with two attached hydrogens (primary N) is 1. The van der Waals surface area contributed by atoms with Gasteiger partial charge < -0.3 is 10.6 Å². The summed E-state index contributed by atoms with van der Waals surface area (Å²) in [4.78, 5) is 5.12. The summed E-state index contributed by atoms with van der Waals surface area (Å²) in [6, 6.07) is 2.26. The van der Waals surface area contributed by atoms with Gasteiger partial charge in [-0.25, -0.2) is 0 Å². The zero-order valence-corrected chi connectivity index (χ0v) is 16.2. The Labute approximate surface area is 149 Å². The van der Waals surface area contributed by atoms with Gasteiger partial charge in [0, 0.05) is 44.4 Å². The van der Waals surface area contributed by atoms with Crippen LogP contribution in [0.15, 0.2) is 0 Å². The number of nitrogens with one attached hydrogen (secondary N) is 1. The molecule has 0 aromatic rings. The van der Waals surface area contributed by atoms with Crippen LogP contribution in [0, 0.1) is 17.8 Å². The second kappa shape index (κ2) is 8.48.